The van der Waals surface area contributed by atoms with Crippen molar-refractivity contribution in [3.8, 4) is 5.75 Å². The lowest BCUT2D eigenvalue weighted by Gasteiger charge is -2.69. The van der Waals surface area contributed by atoms with Crippen molar-refractivity contribution in [3.05, 3.63) is 18.2 Å². The summed E-state index contributed by atoms with van der Waals surface area (Å²) in [6, 6.07) is 5.69. The molecule has 1 heterocycles. The quantitative estimate of drug-likeness (QED) is 0.786. The number of nitrogens with zero attached hydrogens (tertiary/aromatic N) is 3. The third kappa shape index (κ3) is 1.46. The van der Waals surface area contributed by atoms with Crippen LogP contribution >= 0.6 is 0 Å². The molecule has 2 bridgehead atoms. The van der Waals surface area contributed by atoms with Crippen molar-refractivity contribution in [1.82, 2.24) is 19.7 Å². The Bertz CT molecular complexity index is 754. The predicted molar refractivity (Wildman–Crippen MR) is 72.1 cm³/mol. The van der Waals surface area contributed by atoms with Gasteiger partial charge in [-0.15, -0.1) is 5.10 Å². The zero-order valence-electron chi connectivity index (χ0n) is 10.9. The minimum Gasteiger partial charge on any atom is -0.497 e. The fourth-order valence-electron chi connectivity index (χ4n) is 3.65. The molecule has 0 unspecified atom stereocenters. The number of nitrogens with one attached hydrogen (secondary N) is 1. The molecule has 8 heteroatoms. The van der Waals surface area contributed by atoms with Crippen molar-refractivity contribution in [1.29, 1.82) is 0 Å². The lowest BCUT2D eigenvalue weighted by Crippen LogP contribution is -2.77. The average molecular weight is 294 g/mol. The van der Waals surface area contributed by atoms with Gasteiger partial charge in [0.05, 0.1) is 18.2 Å². The molecule has 106 valence electrons. The van der Waals surface area contributed by atoms with Crippen molar-refractivity contribution in [2.75, 3.05) is 7.11 Å². The molecule has 0 aliphatic heterocycles. The molecular formula is C12H14N4O3S. The maximum atomic E-state index is 10.8. The Morgan fingerprint density at radius 3 is 2.75 bits per heavy atom. The molecule has 3 aliphatic rings. The molecule has 3 aliphatic carbocycles. The van der Waals surface area contributed by atoms with E-state index in [0.29, 0.717) is 0 Å². The highest BCUT2D eigenvalue weighted by Gasteiger charge is 2.70. The molecule has 0 saturated heterocycles. The first kappa shape index (κ1) is 12.1. The second kappa shape index (κ2) is 3.70. The Balaban J connectivity index is 1.66. The summed E-state index contributed by atoms with van der Waals surface area (Å²) < 4.78 is 31.3. The number of ether oxygens (including phenoxy) is 1. The van der Waals surface area contributed by atoms with Gasteiger partial charge in [0.2, 0.25) is 10.9 Å². The monoisotopic (exact) mass is 294 g/mol. The summed E-state index contributed by atoms with van der Waals surface area (Å²) in [7, 11) is -0.921. The fourth-order valence-corrected chi connectivity index (χ4v) is 4.28. The van der Waals surface area contributed by atoms with Crippen molar-refractivity contribution in [3.63, 3.8) is 0 Å². The lowest BCUT2D eigenvalue weighted by atomic mass is 9.44. The summed E-state index contributed by atoms with van der Waals surface area (Å²) in [5, 5.41) is 8.42. The van der Waals surface area contributed by atoms with Crippen LogP contribution in [-0.2, 0) is 16.4 Å². The molecule has 0 atom stereocenters. The Labute approximate surface area is 117 Å². The van der Waals surface area contributed by atoms with E-state index in [1.807, 2.05) is 22.9 Å². The topological polar surface area (TPSA) is 86.1 Å². The zero-order chi connectivity index (χ0) is 14.0. The predicted octanol–water partition coefficient (Wildman–Crippen LogP) is 0.187. The summed E-state index contributed by atoms with van der Waals surface area (Å²) in [4.78, 5) is 0. The van der Waals surface area contributed by atoms with Crippen LogP contribution in [0.2, 0.25) is 0 Å². The molecule has 2 aromatic rings. The van der Waals surface area contributed by atoms with Crippen LogP contribution < -0.4 is 9.46 Å². The van der Waals surface area contributed by atoms with Crippen LogP contribution in [0.5, 0.6) is 5.75 Å². The van der Waals surface area contributed by atoms with Gasteiger partial charge < -0.3 is 4.74 Å². The molecule has 0 amide bonds. The molecule has 1 aromatic heterocycles. The third-order valence-electron chi connectivity index (χ3n) is 4.43. The van der Waals surface area contributed by atoms with Gasteiger partial charge in [-0.25, -0.2) is 17.8 Å². The van der Waals surface area contributed by atoms with Crippen molar-refractivity contribution in [2.45, 2.75) is 30.3 Å². The minimum absolute atomic E-state index is 0.0678. The summed E-state index contributed by atoms with van der Waals surface area (Å²) >= 11 is 0. The van der Waals surface area contributed by atoms with E-state index < -0.39 is 10.9 Å². The maximum Gasteiger partial charge on any atom is 0.201 e. The smallest absolute Gasteiger partial charge is 0.201 e. The highest BCUT2D eigenvalue weighted by atomic mass is 32.2. The van der Waals surface area contributed by atoms with Crippen LogP contribution in [0.1, 0.15) is 19.3 Å². The van der Waals surface area contributed by atoms with Crippen LogP contribution in [0.15, 0.2) is 18.2 Å². The normalized spacial score (nSPS) is 31.1. The number of hydrogen-bond acceptors (Lipinski definition) is 5. The number of methoxy groups -OCH3 is 1. The van der Waals surface area contributed by atoms with E-state index in [1.54, 1.807) is 7.11 Å². The molecule has 1 aromatic carbocycles. The van der Waals surface area contributed by atoms with E-state index in [0.717, 1.165) is 36.0 Å². The van der Waals surface area contributed by atoms with E-state index in [2.05, 4.69) is 15.0 Å². The third-order valence-corrected chi connectivity index (χ3v) is 5.09. The first-order valence-corrected chi connectivity index (χ1v) is 7.56. The molecule has 7 nitrogen and oxygen atoms in total. The van der Waals surface area contributed by atoms with Crippen LogP contribution in [0.25, 0.3) is 11.0 Å². The standard InChI is InChI=1S/C12H14N4O3S/c1-19-8-2-3-10-9(4-8)13-15-16(10)12-5-11(6-12,7-12)14-20(17)18/h2-4,20H,5-7H2,1H3,(H,14,17,18). The number of thiol groups is 1. The van der Waals surface area contributed by atoms with Gasteiger partial charge in [0.15, 0.2) is 0 Å². The van der Waals surface area contributed by atoms with E-state index in [-0.39, 0.29) is 11.1 Å². The zero-order valence-corrected chi connectivity index (χ0v) is 11.8. The molecule has 3 saturated carbocycles. The van der Waals surface area contributed by atoms with Gasteiger partial charge in [0, 0.05) is 11.6 Å². The highest BCUT2D eigenvalue weighted by molar-refractivity contribution is 7.70. The minimum atomic E-state index is -2.54. The van der Waals surface area contributed by atoms with Gasteiger partial charge in [0.1, 0.15) is 11.3 Å². The summed E-state index contributed by atoms with van der Waals surface area (Å²) in [6.07, 6.45) is 2.36. The van der Waals surface area contributed by atoms with Crippen LogP contribution in [0, 0.1) is 0 Å². The fraction of sp³-hybridized carbons (Fsp3) is 0.500. The number of fused-ring (bicyclic) bond motifs is 1. The Morgan fingerprint density at radius 1 is 1.35 bits per heavy atom. The first-order valence-electron chi connectivity index (χ1n) is 6.38. The van der Waals surface area contributed by atoms with Gasteiger partial charge in [-0.05, 0) is 31.4 Å². The van der Waals surface area contributed by atoms with Crippen molar-refractivity contribution < 1.29 is 13.2 Å². The summed E-state index contributed by atoms with van der Waals surface area (Å²) in [6.45, 7) is 0. The Hall–Kier alpha value is -1.67. The van der Waals surface area contributed by atoms with Gasteiger partial charge >= 0.3 is 0 Å². The largest absolute Gasteiger partial charge is 0.497 e. The molecule has 3 fully saturated rings. The first-order chi connectivity index (χ1) is 9.56. The van der Waals surface area contributed by atoms with Gasteiger partial charge in [-0.3, -0.25) is 0 Å². The van der Waals surface area contributed by atoms with Crippen molar-refractivity contribution >= 4 is 21.9 Å². The van der Waals surface area contributed by atoms with Gasteiger partial charge in [0.25, 0.3) is 0 Å². The number of rotatable bonds is 4. The van der Waals surface area contributed by atoms with Crippen LogP contribution in [-0.4, -0.2) is 36.1 Å². The van der Waals surface area contributed by atoms with Crippen LogP contribution in [0.4, 0.5) is 0 Å². The number of hydrogen-bond donors (Lipinski definition) is 2. The Kier molecular flexibility index (Phi) is 2.24. The van der Waals surface area contributed by atoms with Crippen molar-refractivity contribution in [2.24, 2.45) is 0 Å². The molecular weight excluding hydrogens is 280 g/mol. The molecule has 20 heavy (non-hydrogen) atoms. The van der Waals surface area contributed by atoms with Gasteiger partial charge in [-0.2, -0.15) is 0 Å². The second-order valence-electron chi connectivity index (χ2n) is 5.76. The van der Waals surface area contributed by atoms with Gasteiger partial charge in [-0.1, -0.05) is 5.21 Å². The number of benzene rings is 1. The van der Waals surface area contributed by atoms with Crippen LogP contribution in [0.3, 0.4) is 0 Å². The lowest BCUT2D eigenvalue weighted by molar-refractivity contribution is -0.130. The molecule has 5 rings (SSSR count). The molecule has 1 N–H and O–H groups in total. The van der Waals surface area contributed by atoms with E-state index in [4.69, 9.17) is 4.74 Å². The van der Waals surface area contributed by atoms with E-state index in [9.17, 15) is 8.42 Å². The summed E-state index contributed by atoms with van der Waals surface area (Å²) in [5.74, 6) is 0.753. The Morgan fingerprint density at radius 2 is 2.10 bits per heavy atom. The van der Waals surface area contributed by atoms with E-state index in [1.165, 1.54) is 0 Å². The SMILES string of the molecule is COc1ccc2c(c1)nnn2C12CC(N[SH](=O)=O)(C1)C2. The van der Waals surface area contributed by atoms with E-state index >= 15 is 0 Å². The molecule has 0 spiro atoms. The number of aromatic nitrogens is 3. The highest BCUT2D eigenvalue weighted by Crippen LogP contribution is 2.65. The summed E-state index contributed by atoms with van der Waals surface area (Å²) in [5.41, 5.74) is 1.46. The maximum absolute atomic E-state index is 10.8. The molecule has 0 radical (unpaired) electrons. The average Bonchev–Trinajstić information content (AvgIpc) is 2.74. The second-order valence-corrected chi connectivity index (χ2v) is 6.50.